The first kappa shape index (κ1) is 12.2. The Hall–Kier alpha value is -1.26. The average Bonchev–Trinajstić information content (AvgIpc) is 2.72. The number of nitrogens with one attached hydrogen (secondary N) is 2. The monoisotopic (exact) mass is 271 g/mol. The number of hydrogen-bond acceptors (Lipinski definition) is 3. The fraction of sp³-hybridized carbons (Fsp3) is 0.273. The fourth-order valence-corrected chi connectivity index (χ4v) is 1.75. The van der Waals surface area contributed by atoms with E-state index >= 15 is 0 Å². The zero-order valence-electron chi connectivity index (χ0n) is 9.13. The first-order chi connectivity index (χ1) is 8.01. The van der Waals surface area contributed by atoms with Crippen molar-refractivity contribution in [2.45, 2.75) is 18.9 Å². The first-order valence-corrected chi connectivity index (χ1v) is 5.82. The van der Waals surface area contributed by atoms with Crippen LogP contribution in [-0.2, 0) is 4.79 Å². The highest BCUT2D eigenvalue weighted by atomic mass is 35.5. The number of benzene rings is 1. The van der Waals surface area contributed by atoms with Crippen molar-refractivity contribution in [2.24, 2.45) is 5.10 Å². The molecule has 1 aliphatic heterocycles. The Morgan fingerprint density at radius 2 is 2.24 bits per heavy atom. The van der Waals surface area contributed by atoms with E-state index in [0.717, 1.165) is 0 Å². The van der Waals surface area contributed by atoms with Gasteiger partial charge in [0.25, 0.3) is 5.91 Å². The predicted octanol–water partition coefficient (Wildman–Crippen LogP) is 2.67. The molecule has 1 unspecified atom stereocenters. The first-order valence-electron chi connectivity index (χ1n) is 5.06. The number of halogens is 2. The van der Waals surface area contributed by atoms with E-state index in [9.17, 15) is 4.79 Å². The number of rotatable bonds is 2. The van der Waals surface area contributed by atoms with Gasteiger partial charge in [-0.15, -0.1) is 0 Å². The number of anilines is 1. The molecule has 0 bridgehead atoms. The summed E-state index contributed by atoms with van der Waals surface area (Å²) in [7, 11) is 0. The molecule has 0 aliphatic carbocycles. The van der Waals surface area contributed by atoms with Gasteiger partial charge in [0.1, 0.15) is 5.54 Å². The van der Waals surface area contributed by atoms with Crippen molar-refractivity contribution < 1.29 is 4.79 Å². The van der Waals surface area contributed by atoms with Crippen LogP contribution < -0.4 is 10.7 Å². The van der Waals surface area contributed by atoms with Gasteiger partial charge >= 0.3 is 0 Å². The third kappa shape index (κ3) is 2.53. The molecule has 1 aliphatic rings. The maximum Gasteiger partial charge on any atom is 0.251 e. The number of carbonyl (C=O) groups excluding carboxylic acids is 1. The Balaban J connectivity index is 2.10. The molecular weight excluding hydrogens is 261 g/mol. The summed E-state index contributed by atoms with van der Waals surface area (Å²) in [6.07, 6.45) is 2.23. The molecule has 0 spiro atoms. The van der Waals surface area contributed by atoms with Crippen LogP contribution in [0.3, 0.4) is 0 Å². The molecular formula is C11H11Cl2N3O. The summed E-state index contributed by atoms with van der Waals surface area (Å²) in [6.45, 7) is 1.78. The SMILES string of the molecule is CC1(C(=O)Nc2ccc(Cl)c(Cl)c2)CC=NN1. The molecule has 2 N–H and O–H groups in total. The van der Waals surface area contributed by atoms with Gasteiger partial charge in [-0.2, -0.15) is 5.10 Å². The summed E-state index contributed by atoms with van der Waals surface area (Å²) in [6, 6.07) is 4.95. The van der Waals surface area contributed by atoms with Gasteiger partial charge < -0.3 is 5.32 Å². The van der Waals surface area contributed by atoms with E-state index in [0.29, 0.717) is 22.2 Å². The summed E-state index contributed by atoms with van der Waals surface area (Å²) < 4.78 is 0. The third-order valence-electron chi connectivity index (χ3n) is 2.58. The van der Waals surface area contributed by atoms with Crippen LogP contribution in [0.1, 0.15) is 13.3 Å². The second-order valence-electron chi connectivity index (χ2n) is 4.04. The van der Waals surface area contributed by atoms with Crippen molar-refractivity contribution in [3.05, 3.63) is 28.2 Å². The van der Waals surface area contributed by atoms with Crippen molar-refractivity contribution in [2.75, 3.05) is 5.32 Å². The average molecular weight is 272 g/mol. The molecule has 1 aromatic rings. The van der Waals surface area contributed by atoms with Gasteiger partial charge in [-0.1, -0.05) is 23.2 Å². The lowest BCUT2D eigenvalue weighted by Crippen LogP contribution is -2.47. The van der Waals surface area contributed by atoms with Gasteiger partial charge in [0.2, 0.25) is 0 Å². The molecule has 2 rings (SSSR count). The summed E-state index contributed by atoms with van der Waals surface area (Å²) in [5.74, 6) is -0.159. The number of nitrogens with zero attached hydrogens (tertiary/aromatic N) is 1. The van der Waals surface area contributed by atoms with E-state index in [-0.39, 0.29) is 5.91 Å². The van der Waals surface area contributed by atoms with E-state index < -0.39 is 5.54 Å². The van der Waals surface area contributed by atoms with Crippen LogP contribution in [-0.4, -0.2) is 17.7 Å². The fourth-order valence-electron chi connectivity index (χ4n) is 1.45. The normalized spacial score (nSPS) is 22.3. The molecule has 90 valence electrons. The molecule has 0 radical (unpaired) electrons. The minimum Gasteiger partial charge on any atom is -0.324 e. The summed E-state index contributed by atoms with van der Waals surface area (Å²) >= 11 is 11.7. The zero-order valence-corrected chi connectivity index (χ0v) is 10.6. The molecule has 1 aromatic carbocycles. The highest BCUT2D eigenvalue weighted by Crippen LogP contribution is 2.26. The Morgan fingerprint density at radius 3 is 2.82 bits per heavy atom. The predicted molar refractivity (Wildman–Crippen MR) is 69.7 cm³/mol. The molecule has 4 nitrogen and oxygen atoms in total. The smallest absolute Gasteiger partial charge is 0.251 e. The quantitative estimate of drug-likeness (QED) is 0.869. The Labute approximate surface area is 109 Å². The standard InChI is InChI=1S/C11H11Cl2N3O/c1-11(4-5-14-16-11)10(17)15-7-2-3-8(12)9(13)6-7/h2-3,5-6,16H,4H2,1H3,(H,15,17). The lowest BCUT2D eigenvalue weighted by Gasteiger charge is -2.22. The van der Waals surface area contributed by atoms with Gasteiger partial charge in [0.05, 0.1) is 10.0 Å². The van der Waals surface area contributed by atoms with Gasteiger partial charge in [-0.05, 0) is 25.1 Å². The minimum atomic E-state index is -0.702. The Morgan fingerprint density at radius 1 is 1.47 bits per heavy atom. The van der Waals surface area contributed by atoms with Crippen LogP contribution in [0.4, 0.5) is 5.69 Å². The molecule has 17 heavy (non-hydrogen) atoms. The summed E-state index contributed by atoms with van der Waals surface area (Å²) in [4.78, 5) is 12.0. The molecule has 1 atom stereocenters. The van der Waals surface area contributed by atoms with E-state index in [1.165, 1.54) is 0 Å². The van der Waals surface area contributed by atoms with E-state index in [4.69, 9.17) is 23.2 Å². The Kier molecular flexibility index (Phi) is 3.26. The van der Waals surface area contributed by atoms with Crippen molar-refractivity contribution in [1.29, 1.82) is 0 Å². The third-order valence-corrected chi connectivity index (χ3v) is 3.32. The highest BCUT2D eigenvalue weighted by Gasteiger charge is 2.34. The highest BCUT2D eigenvalue weighted by molar-refractivity contribution is 6.42. The van der Waals surface area contributed by atoms with Crippen molar-refractivity contribution >= 4 is 41.0 Å². The second kappa shape index (κ2) is 4.55. The Bertz CT molecular complexity index is 480. The lowest BCUT2D eigenvalue weighted by atomic mass is 9.99. The van der Waals surface area contributed by atoms with E-state index in [2.05, 4.69) is 15.8 Å². The van der Waals surface area contributed by atoms with Crippen LogP contribution in [0, 0.1) is 0 Å². The van der Waals surface area contributed by atoms with Gasteiger partial charge in [0, 0.05) is 18.3 Å². The van der Waals surface area contributed by atoms with Gasteiger partial charge in [-0.25, -0.2) is 0 Å². The van der Waals surface area contributed by atoms with Crippen LogP contribution in [0.2, 0.25) is 10.0 Å². The van der Waals surface area contributed by atoms with Gasteiger partial charge in [0.15, 0.2) is 0 Å². The molecule has 1 amide bonds. The van der Waals surface area contributed by atoms with Crippen LogP contribution >= 0.6 is 23.2 Å². The zero-order chi connectivity index (χ0) is 12.5. The maximum atomic E-state index is 12.0. The molecule has 0 saturated carbocycles. The number of hydrazone groups is 1. The van der Waals surface area contributed by atoms with Crippen LogP contribution in [0.5, 0.6) is 0 Å². The summed E-state index contributed by atoms with van der Waals surface area (Å²) in [5, 5.41) is 7.48. The molecule has 6 heteroatoms. The van der Waals surface area contributed by atoms with Gasteiger partial charge in [-0.3, -0.25) is 10.2 Å². The minimum absolute atomic E-state index is 0.159. The van der Waals surface area contributed by atoms with E-state index in [1.54, 1.807) is 31.3 Å². The van der Waals surface area contributed by atoms with Crippen molar-refractivity contribution in [3.8, 4) is 0 Å². The topological polar surface area (TPSA) is 53.5 Å². The maximum absolute atomic E-state index is 12.0. The van der Waals surface area contributed by atoms with Crippen LogP contribution in [0.25, 0.3) is 0 Å². The number of hydrogen-bond donors (Lipinski definition) is 2. The molecule has 0 saturated heterocycles. The molecule has 0 fully saturated rings. The van der Waals surface area contributed by atoms with Crippen LogP contribution in [0.15, 0.2) is 23.3 Å². The largest absolute Gasteiger partial charge is 0.324 e. The molecule has 1 heterocycles. The van der Waals surface area contributed by atoms with Crippen molar-refractivity contribution in [1.82, 2.24) is 5.43 Å². The molecule has 0 aromatic heterocycles. The number of carbonyl (C=O) groups is 1. The van der Waals surface area contributed by atoms with E-state index in [1.807, 2.05) is 0 Å². The number of amides is 1. The lowest BCUT2D eigenvalue weighted by molar-refractivity contribution is -0.121. The second-order valence-corrected chi connectivity index (χ2v) is 4.86. The summed E-state index contributed by atoms with van der Waals surface area (Å²) in [5.41, 5.74) is 2.69. The van der Waals surface area contributed by atoms with Crippen molar-refractivity contribution in [3.63, 3.8) is 0 Å².